The van der Waals surface area contributed by atoms with E-state index >= 15 is 0 Å². The molecule has 9 heteroatoms. The van der Waals surface area contributed by atoms with E-state index in [1.165, 1.54) is 23.5 Å². The zero-order valence-corrected chi connectivity index (χ0v) is 18.7. The van der Waals surface area contributed by atoms with Crippen LogP contribution >= 0.6 is 11.3 Å². The summed E-state index contributed by atoms with van der Waals surface area (Å²) in [5.74, 6) is -0.923. The molecule has 0 unspecified atom stereocenters. The summed E-state index contributed by atoms with van der Waals surface area (Å²) in [6.07, 6.45) is 3.53. The van der Waals surface area contributed by atoms with Gasteiger partial charge < -0.3 is 0 Å². The first-order valence-electron chi connectivity index (χ1n) is 9.95. The summed E-state index contributed by atoms with van der Waals surface area (Å²) in [4.78, 5) is 23.4. The van der Waals surface area contributed by atoms with E-state index in [0.29, 0.717) is 5.13 Å². The zero-order chi connectivity index (χ0) is 22.6. The predicted octanol–water partition coefficient (Wildman–Crippen LogP) is 4.62. The van der Waals surface area contributed by atoms with Crippen LogP contribution in [0.15, 0.2) is 78.0 Å². The van der Waals surface area contributed by atoms with Gasteiger partial charge in [-0.15, -0.1) is 0 Å². The molecule has 0 fully saturated rings. The van der Waals surface area contributed by atoms with Crippen molar-refractivity contribution < 1.29 is 17.6 Å². The van der Waals surface area contributed by atoms with Crippen molar-refractivity contribution in [2.45, 2.75) is 24.3 Å². The van der Waals surface area contributed by atoms with E-state index in [1.54, 1.807) is 23.4 Å². The van der Waals surface area contributed by atoms with Gasteiger partial charge in [0, 0.05) is 18.8 Å². The molecule has 0 aliphatic heterocycles. The quantitative estimate of drug-likeness (QED) is 0.352. The number of carbonyl (C=O) groups is 1. The third-order valence-electron chi connectivity index (χ3n) is 4.85. The summed E-state index contributed by atoms with van der Waals surface area (Å²) in [6, 6.07) is 16.0. The average molecular weight is 470 g/mol. The minimum atomic E-state index is -3.60. The average Bonchev–Trinajstić information content (AvgIpc) is 3.22. The van der Waals surface area contributed by atoms with Crippen molar-refractivity contribution >= 4 is 42.4 Å². The number of aromatic nitrogens is 2. The Kier molecular flexibility index (Phi) is 6.57. The molecule has 0 saturated carbocycles. The molecule has 4 rings (SSSR count). The van der Waals surface area contributed by atoms with Crippen LogP contribution in [0.3, 0.4) is 0 Å². The number of thiazole rings is 1. The van der Waals surface area contributed by atoms with Gasteiger partial charge in [-0.05, 0) is 54.4 Å². The van der Waals surface area contributed by atoms with E-state index in [2.05, 4.69) is 9.97 Å². The van der Waals surface area contributed by atoms with Gasteiger partial charge >= 0.3 is 0 Å². The van der Waals surface area contributed by atoms with Gasteiger partial charge in [0.05, 0.1) is 27.4 Å². The summed E-state index contributed by atoms with van der Waals surface area (Å²) in [7, 11) is -3.60. The topological polar surface area (TPSA) is 80.2 Å². The lowest BCUT2D eigenvalue weighted by atomic mass is 10.2. The van der Waals surface area contributed by atoms with Crippen molar-refractivity contribution in [1.82, 2.24) is 9.97 Å². The predicted molar refractivity (Wildman–Crippen MR) is 123 cm³/mol. The number of anilines is 1. The molecule has 4 aromatic rings. The lowest BCUT2D eigenvalue weighted by molar-refractivity contribution is -0.118. The van der Waals surface area contributed by atoms with Crippen molar-refractivity contribution in [2.75, 3.05) is 10.7 Å². The minimum absolute atomic E-state index is 0.0383. The second-order valence-corrected chi connectivity index (χ2v) is 10.3. The lowest BCUT2D eigenvalue weighted by Crippen LogP contribution is -2.30. The van der Waals surface area contributed by atoms with Crippen LogP contribution in [0.25, 0.3) is 10.2 Å². The summed E-state index contributed by atoms with van der Waals surface area (Å²) in [5, 5.41) is 0.557. The number of fused-ring (bicyclic) bond motifs is 1. The van der Waals surface area contributed by atoms with Crippen LogP contribution in [0.4, 0.5) is 9.52 Å². The highest BCUT2D eigenvalue weighted by Crippen LogP contribution is 2.30. The normalized spacial score (nSPS) is 11.5. The standard InChI is InChI=1S/C23H20FN3O3S2/c24-18-9-11-19(12-10-18)32(29,30)14-4-8-22(28)27(16-17-5-3-13-25-15-17)23-26-20-6-1-2-7-21(20)31-23/h1-3,5-7,9-13,15H,4,8,14,16H2. The van der Waals surface area contributed by atoms with Gasteiger partial charge in [0.15, 0.2) is 15.0 Å². The molecule has 0 aliphatic carbocycles. The van der Waals surface area contributed by atoms with Gasteiger partial charge in [-0.25, -0.2) is 17.8 Å². The van der Waals surface area contributed by atoms with Crippen LogP contribution in [-0.4, -0.2) is 30.0 Å². The Labute approximate surface area is 189 Å². The SMILES string of the molecule is O=C(CCCS(=O)(=O)c1ccc(F)cc1)N(Cc1cccnc1)c1nc2ccccc2s1. The van der Waals surface area contributed by atoms with E-state index in [9.17, 15) is 17.6 Å². The number of pyridine rings is 1. The van der Waals surface area contributed by atoms with Crippen LogP contribution in [0.5, 0.6) is 0 Å². The van der Waals surface area contributed by atoms with Crippen LogP contribution in [0.1, 0.15) is 18.4 Å². The molecular formula is C23H20FN3O3S2. The highest BCUT2D eigenvalue weighted by Gasteiger charge is 2.22. The molecule has 6 nitrogen and oxygen atoms in total. The first kappa shape index (κ1) is 22.0. The molecule has 164 valence electrons. The summed E-state index contributed by atoms with van der Waals surface area (Å²) < 4.78 is 39.1. The Bertz CT molecular complexity index is 1290. The second-order valence-electron chi connectivity index (χ2n) is 7.18. The van der Waals surface area contributed by atoms with Crippen molar-refractivity contribution in [3.05, 3.63) is 84.4 Å². The minimum Gasteiger partial charge on any atom is -0.284 e. The Balaban J connectivity index is 1.50. The highest BCUT2D eigenvalue weighted by atomic mass is 32.2. The smallest absolute Gasteiger partial charge is 0.229 e. The molecule has 0 aliphatic rings. The first-order chi connectivity index (χ1) is 15.4. The number of hydrogen-bond acceptors (Lipinski definition) is 6. The molecule has 32 heavy (non-hydrogen) atoms. The van der Waals surface area contributed by atoms with E-state index in [1.807, 2.05) is 30.3 Å². The van der Waals surface area contributed by atoms with Gasteiger partial charge in [0.2, 0.25) is 5.91 Å². The number of halogens is 1. The fourth-order valence-corrected chi connectivity index (χ4v) is 5.51. The molecule has 0 spiro atoms. The largest absolute Gasteiger partial charge is 0.284 e. The maximum absolute atomic E-state index is 13.1. The van der Waals surface area contributed by atoms with Crippen LogP contribution < -0.4 is 4.90 Å². The van der Waals surface area contributed by atoms with Crippen LogP contribution in [0.2, 0.25) is 0 Å². The van der Waals surface area contributed by atoms with E-state index in [-0.39, 0.29) is 35.9 Å². The molecule has 2 aromatic heterocycles. The molecule has 0 N–H and O–H groups in total. The van der Waals surface area contributed by atoms with Crippen molar-refractivity contribution in [3.8, 4) is 0 Å². The molecular weight excluding hydrogens is 449 g/mol. The molecule has 1 amide bonds. The number of sulfone groups is 1. The first-order valence-corrected chi connectivity index (χ1v) is 12.4. The number of nitrogens with zero attached hydrogens (tertiary/aromatic N) is 3. The van der Waals surface area contributed by atoms with E-state index in [4.69, 9.17) is 0 Å². The van der Waals surface area contributed by atoms with E-state index < -0.39 is 15.7 Å². The number of amides is 1. The fourth-order valence-electron chi connectivity index (χ4n) is 3.22. The Morgan fingerprint density at radius 1 is 1.03 bits per heavy atom. The van der Waals surface area contributed by atoms with Gasteiger partial charge in [0.1, 0.15) is 5.82 Å². The number of carbonyl (C=O) groups excluding carboxylic acids is 1. The van der Waals surface area contributed by atoms with E-state index in [0.717, 1.165) is 27.9 Å². The maximum atomic E-state index is 13.1. The molecule has 0 atom stereocenters. The highest BCUT2D eigenvalue weighted by molar-refractivity contribution is 7.91. The van der Waals surface area contributed by atoms with Crippen molar-refractivity contribution in [2.24, 2.45) is 0 Å². The number of rotatable bonds is 8. The second kappa shape index (κ2) is 9.54. The third-order valence-corrected chi connectivity index (χ3v) is 7.73. The van der Waals surface area contributed by atoms with Crippen molar-refractivity contribution in [1.29, 1.82) is 0 Å². The van der Waals surface area contributed by atoms with Crippen LogP contribution in [-0.2, 0) is 21.2 Å². The molecule has 0 radical (unpaired) electrons. The number of hydrogen-bond donors (Lipinski definition) is 0. The van der Waals surface area contributed by atoms with Gasteiger partial charge in [-0.2, -0.15) is 0 Å². The Morgan fingerprint density at radius 3 is 2.53 bits per heavy atom. The van der Waals surface area contributed by atoms with Crippen molar-refractivity contribution in [3.63, 3.8) is 0 Å². The third kappa shape index (κ3) is 5.17. The van der Waals surface area contributed by atoms with Gasteiger partial charge in [-0.3, -0.25) is 14.7 Å². The zero-order valence-electron chi connectivity index (χ0n) is 17.0. The maximum Gasteiger partial charge on any atom is 0.229 e. The summed E-state index contributed by atoms with van der Waals surface area (Å²) in [6.45, 7) is 0.289. The number of para-hydroxylation sites is 1. The Morgan fingerprint density at radius 2 is 1.81 bits per heavy atom. The molecule has 2 heterocycles. The number of benzene rings is 2. The summed E-state index contributed by atoms with van der Waals surface area (Å²) in [5.41, 5.74) is 1.65. The summed E-state index contributed by atoms with van der Waals surface area (Å²) >= 11 is 1.41. The monoisotopic (exact) mass is 469 g/mol. The van der Waals surface area contributed by atoms with Crippen LogP contribution in [0, 0.1) is 5.82 Å². The van der Waals surface area contributed by atoms with Gasteiger partial charge in [0.25, 0.3) is 0 Å². The molecule has 0 bridgehead atoms. The Hall–Kier alpha value is -3.17. The molecule has 0 saturated heterocycles. The lowest BCUT2D eigenvalue weighted by Gasteiger charge is -2.20. The van der Waals surface area contributed by atoms with Gasteiger partial charge in [-0.1, -0.05) is 29.5 Å². The fraction of sp³-hybridized carbons (Fsp3) is 0.174. The molecule has 2 aromatic carbocycles.